The quantitative estimate of drug-likeness (QED) is 0.277. The Hall–Kier alpha value is -0.260. The Morgan fingerprint density at radius 2 is 1.87 bits per heavy atom. The number of ether oxygens (including phenoxy) is 1. The predicted octanol–water partition coefficient (Wildman–Crippen LogP) is 3.68. The van der Waals surface area contributed by atoms with Gasteiger partial charge in [-0.05, 0) is 50.9 Å². The van der Waals surface area contributed by atoms with E-state index in [-0.39, 0.29) is 0 Å². The molecule has 2 fully saturated rings. The van der Waals surface area contributed by atoms with Crippen LogP contribution >= 0.6 is 11.9 Å². The Kier molecular flexibility index (Phi) is 9.39. The van der Waals surface area contributed by atoms with Crippen molar-refractivity contribution in [3.63, 3.8) is 0 Å². The minimum atomic E-state index is 0.510. The Balaban J connectivity index is 1.47. The van der Waals surface area contributed by atoms with Crippen molar-refractivity contribution in [2.45, 2.75) is 58.0 Å². The Bertz CT molecular complexity index is 324. The molecule has 2 aliphatic rings. The third-order valence-corrected chi connectivity index (χ3v) is 6.24. The van der Waals surface area contributed by atoms with Crippen LogP contribution in [0.4, 0.5) is 0 Å². The fourth-order valence-corrected chi connectivity index (χ4v) is 4.40. The summed E-state index contributed by atoms with van der Waals surface area (Å²) in [5.41, 5.74) is 0. The highest BCUT2D eigenvalue weighted by Crippen LogP contribution is 2.23. The van der Waals surface area contributed by atoms with Gasteiger partial charge in [0.1, 0.15) is 0 Å². The Morgan fingerprint density at radius 1 is 1.13 bits per heavy atom. The summed E-state index contributed by atoms with van der Waals surface area (Å²) in [6, 6.07) is 0. The predicted molar refractivity (Wildman–Crippen MR) is 101 cm³/mol. The van der Waals surface area contributed by atoms with Crippen LogP contribution in [-0.4, -0.2) is 67.2 Å². The molecule has 0 bridgehead atoms. The molecule has 2 heterocycles. The summed E-state index contributed by atoms with van der Waals surface area (Å²) in [4.78, 5) is 6.45. The smallest absolute Gasteiger partial charge is 0.0846 e. The van der Waals surface area contributed by atoms with E-state index in [2.05, 4.69) is 21.1 Å². The van der Waals surface area contributed by atoms with Gasteiger partial charge < -0.3 is 9.64 Å². The van der Waals surface area contributed by atoms with Crippen molar-refractivity contribution < 1.29 is 4.74 Å². The number of hydrogen-bond acceptors (Lipinski definition) is 4. The number of aliphatic imine (C=N–C) groups is 1. The van der Waals surface area contributed by atoms with Crippen molar-refractivity contribution in [2.24, 2.45) is 10.9 Å². The molecule has 0 aliphatic carbocycles. The van der Waals surface area contributed by atoms with Gasteiger partial charge in [-0.15, -0.1) is 0 Å². The highest BCUT2D eigenvalue weighted by Gasteiger charge is 2.20. The van der Waals surface area contributed by atoms with E-state index >= 15 is 0 Å². The van der Waals surface area contributed by atoms with Crippen molar-refractivity contribution in [1.29, 1.82) is 0 Å². The molecule has 0 aromatic carbocycles. The fourth-order valence-electron chi connectivity index (χ4n) is 3.49. The summed E-state index contributed by atoms with van der Waals surface area (Å²) >= 11 is 2.01. The lowest BCUT2D eigenvalue weighted by Gasteiger charge is -2.32. The highest BCUT2D eigenvalue weighted by atomic mass is 32.2. The number of hydrogen-bond donors (Lipinski definition) is 0. The van der Waals surface area contributed by atoms with Crippen LogP contribution < -0.4 is 0 Å². The molecule has 134 valence electrons. The third kappa shape index (κ3) is 7.44. The van der Waals surface area contributed by atoms with Crippen LogP contribution in [0.2, 0.25) is 0 Å². The minimum Gasteiger partial charge on any atom is -0.378 e. The van der Waals surface area contributed by atoms with Crippen LogP contribution in [0.1, 0.15) is 51.9 Å². The van der Waals surface area contributed by atoms with E-state index < -0.39 is 0 Å². The maximum atomic E-state index is 6.12. The maximum Gasteiger partial charge on any atom is 0.0846 e. The average molecular weight is 342 g/mol. The van der Waals surface area contributed by atoms with Gasteiger partial charge >= 0.3 is 0 Å². The second kappa shape index (κ2) is 11.3. The molecular weight excluding hydrogens is 306 g/mol. The van der Waals surface area contributed by atoms with E-state index in [0.717, 1.165) is 12.5 Å². The Morgan fingerprint density at radius 3 is 2.52 bits per heavy atom. The van der Waals surface area contributed by atoms with Gasteiger partial charge in [-0.3, -0.25) is 9.30 Å². The molecule has 0 aromatic heterocycles. The topological polar surface area (TPSA) is 28.1 Å². The zero-order valence-electron chi connectivity index (χ0n) is 15.1. The first kappa shape index (κ1) is 19.1. The van der Waals surface area contributed by atoms with Crippen molar-refractivity contribution in [3.8, 4) is 0 Å². The molecule has 2 saturated heterocycles. The average Bonchev–Trinajstić information content (AvgIpc) is 2.59. The summed E-state index contributed by atoms with van der Waals surface area (Å²) in [6.07, 6.45) is 11.4. The van der Waals surface area contributed by atoms with Gasteiger partial charge in [0.25, 0.3) is 0 Å². The van der Waals surface area contributed by atoms with Crippen molar-refractivity contribution in [3.05, 3.63) is 0 Å². The normalized spacial score (nSPS) is 22.3. The molecule has 0 atom stereocenters. The first-order valence-electron chi connectivity index (χ1n) is 9.47. The number of rotatable bonds is 9. The van der Waals surface area contributed by atoms with Crippen molar-refractivity contribution >= 4 is 18.3 Å². The molecule has 4 nitrogen and oxygen atoms in total. The first-order valence-corrected chi connectivity index (χ1v) is 10.4. The van der Waals surface area contributed by atoms with Gasteiger partial charge in [-0.25, -0.2) is 0 Å². The second-order valence-electron chi connectivity index (χ2n) is 6.83. The minimum absolute atomic E-state index is 0.510. The molecular formula is C18H35N3OS. The van der Waals surface area contributed by atoms with E-state index in [4.69, 9.17) is 4.74 Å². The maximum absolute atomic E-state index is 6.12. The molecule has 2 rings (SSSR count). The summed E-state index contributed by atoms with van der Waals surface area (Å²) < 4.78 is 8.64. The molecule has 0 aromatic rings. The fraction of sp³-hybridized carbons (Fsp3) is 0.944. The SMILES string of the molecule is CCCSN1CCC(OCCCC2CCN(C=NC)CC2)CC1. The molecule has 0 saturated carbocycles. The number of likely N-dealkylation sites (tertiary alicyclic amines) is 1. The first-order chi connectivity index (χ1) is 11.3. The number of piperidine rings is 2. The Labute approximate surface area is 147 Å². The lowest BCUT2D eigenvalue weighted by Crippen LogP contribution is -2.33. The van der Waals surface area contributed by atoms with E-state index in [1.54, 1.807) is 0 Å². The lowest BCUT2D eigenvalue weighted by atomic mass is 9.92. The summed E-state index contributed by atoms with van der Waals surface area (Å²) in [5.74, 6) is 2.15. The van der Waals surface area contributed by atoms with Gasteiger partial charge in [0.05, 0.1) is 12.4 Å². The monoisotopic (exact) mass is 341 g/mol. The highest BCUT2D eigenvalue weighted by molar-refractivity contribution is 7.97. The lowest BCUT2D eigenvalue weighted by molar-refractivity contribution is 0.0185. The van der Waals surface area contributed by atoms with Gasteiger partial charge in [-0.2, -0.15) is 0 Å². The van der Waals surface area contributed by atoms with E-state index in [9.17, 15) is 0 Å². The standard InChI is InChI=1S/C18H35N3OS/c1-3-15-23-21-12-8-18(9-13-21)22-14-4-5-17-6-10-20(11-7-17)16-19-2/h16-18H,3-15H2,1-2H3. The van der Waals surface area contributed by atoms with Crippen LogP contribution in [0.5, 0.6) is 0 Å². The van der Waals surface area contributed by atoms with Gasteiger partial charge in [0, 0.05) is 45.6 Å². The molecule has 0 N–H and O–H groups in total. The van der Waals surface area contributed by atoms with Gasteiger partial charge in [0.2, 0.25) is 0 Å². The van der Waals surface area contributed by atoms with Crippen LogP contribution in [-0.2, 0) is 4.74 Å². The van der Waals surface area contributed by atoms with Crippen molar-refractivity contribution in [2.75, 3.05) is 45.6 Å². The van der Waals surface area contributed by atoms with E-state index in [1.165, 1.54) is 76.9 Å². The van der Waals surface area contributed by atoms with E-state index in [0.29, 0.717) is 6.10 Å². The summed E-state index contributed by atoms with van der Waals surface area (Å²) in [5, 5.41) is 0. The molecule has 0 unspecified atom stereocenters. The molecule has 23 heavy (non-hydrogen) atoms. The number of nitrogens with zero attached hydrogens (tertiary/aromatic N) is 3. The molecule has 5 heteroatoms. The second-order valence-corrected chi connectivity index (χ2v) is 8.01. The zero-order valence-corrected chi connectivity index (χ0v) is 15.9. The third-order valence-electron chi connectivity index (χ3n) is 4.92. The molecule has 0 amide bonds. The van der Waals surface area contributed by atoms with Crippen LogP contribution in [0.15, 0.2) is 4.99 Å². The van der Waals surface area contributed by atoms with E-state index in [1.807, 2.05) is 25.3 Å². The molecule has 0 spiro atoms. The van der Waals surface area contributed by atoms with Crippen LogP contribution in [0.25, 0.3) is 0 Å². The van der Waals surface area contributed by atoms with Gasteiger partial charge in [0.15, 0.2) is 0 Å². The molecule has 0 radical (unpaired) electrons. The van der Waals surface area contributed by atoms with Crippen LogP contribution in [0, 0.1) is 5.92 Å². The summed E-state index contributed by atoms with van der Waals surface area (Å²) in [7, 11) is 1.86. The van der Waals surface area contributed by atoms with Crippen molar-refractivity contribution in [1.82, 2.24) is 9.21 Å². The van der Waals surface area contributed by atoms with Crippen LogP contribution in [0.3, 0.4) is 0 Å². The summed E-state index contributed by atoms with van der Waals surface area (Å²) in [6.45, 7) is 7.97. The largest absolute Gasteiger partial charge is 0.378 e. The van der Waals surface area contributed by atoms with Gasteiger partial charge in [-0.1, -0.05) is 18.9 Å². The molecule has 2 aliphatic heterocycles. The zero-order chi connectivity index (χ0) is 16.3.